The molecule has 0 saturated carbocycles. The van der Waals surface area contributed by atoms with Gasteiger partial charge in [-0.2, -0.15) is 0 Å². The zero-order chi connectivity index (χ0) is 14.5. The first-order valence-electron chi connectivity index (χ1n) is 6.22. The highest BCUT2D eigenvalue weighted by atomic mass is 16.6. The third kappa shape index (κ3) is 3.19. The molecule has 0 radical (unpaired) electrons. The quantitative estimate of drug-likeness (QED) is 0.423. The summed E-state index contributed by atoms with van der Waals surface area (Å²) in [5.41, 5.74) is 0.309. The van der Waals surface area contributed by atoms with Crippen LogP contribution in [0.2, 0.25) is 0 Å². The number of carboxylic acids is 1. The van der Waals surface area contributed by atoms with Crippen LogP contribution in [0.15, 0.2) is 29.8 Å². The summed E-state index contributed by atoms with van der Waals surface area (Å²) in [6.45, 7) is 1.92. The highest BCUT2D eigenvalue weighted by Crippen LogP contribution is 2.21. The summed E-state index contributed by atoms with van der Waals surface area (Å²) in [7, 11) is 0. The Morgan fingerprint density at radius 1 is 1.40 bits per heavy atom. The van der Waals surface area contributed by atoms with E-state index in [-0.39, 0.29) is 17.3 Å². The van der Waals surface area contributed by atoms with Gasteiger partial charge in [-0.1, -0.05) is 12.1 Å². The summed E-state index contributed by atoms with van der Waals surface area (Å²) >= 11 is 0. The predicted octanol–water partition coefficient (Wildman–Crippen LogP) is 0.624. The minimum absolute atomic E-state index is 0.102. The van der Waals surface area contributed by atoms with Gasteiger partial charge in [0.2, 0.25) is 0 Å². The molecule has 0 aliphatic carbocycles. The normalized spacial score (nSPS) is 19.6. The van der Waals surface area contributed by atoms with Crippen LogP contribution in [-0.2, 0) is 4.79 Å². The topological polar surface area (TPSA) is 104 Å². The smallest absolute Gasteiger partial charge is 0.333 e. The number of aliphatic carboxylic acids is 1. The van der Waals surface area contributed by atoms with Crippen molar-refractivity contribution >= 4 is 17.7 Å². The zero-order valence-corrected chi connectivity index (χ0v) is 10.7. The van der Waals surface area contributed by atoms with Gasteiger partial charge in [-0.25, -0.2) is 4.79 Å². The van der Waals surface area contributed by atoms with Gasteiger partial charge in [0, 0.05) is 25.7 Å². The molecule has 106 valence electrons. The van der Waals surface area contributed by atoms with Crippen molar-refractivity contribution in [1.29, 1.82) is 0 Å². The average Bonchev–Trinajstić information content (AvgIpc) is 2.45. The van der Waals surface area contributed by atoms with Crippen LogP contribution in [0.5, 0.6) is 0 Å². The van der Waals surface area contributed by atoms with E-state index in [2.05, 4.69) is 10.6 Å². The van der Waals surface area contributed by atoms with Crippen LogP contribution in [0, 0.1) is 10.1 Å². The fraction of sp³-hybridized carbons (Fsp3) is 0.308. The van der Waals surface area contributed by atoms with Crippen LogP contribution in [0.25, 0.3) is 6.08 Å². The molecule has 2 rings (SSSR count). The molecule has 0 aromatic heterocycles. The van der Waals surface area contributed by atoms with Gasteiger partial charge in [0.25, 0.3) is 5.69 Å². The molecule has 1 saturated heterocycles. The number of nitro benzene ring substituents is 1. The van der Waals surface area contributed by atoms with Gasteiger partial charge >= 0.3 is 5.97 Å². The van der Waals surface area contributed by atoms with Crippen molar-refractivity contribution in [1.82, 2.24) is 10.6 Å². The van der Waals surface area contributed by atoms with E-state index >= 15 is 0 Å². The largest absolute Gasteiger partial charge is 0.478 e. The van der Waals surface area contributed by atoms with E-state index in [1.165, 1.54) is 18.2 Å². The molecule has 1 heterocycles. The number of rotatable bonds is 4. The molecule has 7 nitrogen and oxygen atoms in total. The molecule has 1 unspecified atom stereocenters. The number of hydrogen-bond acceptors (Lipinski definition) is 5. The third-order valence-corrected chi connectivity index (χ3v) is 3.11. The Kier molecular flexibility index (Phi) is 4.44. The average molecular weight is 277 g/mol. The van der Waals surface area contributed by atoms with Crippen molar-refractivity contribution in [3.05, 3.63) is 45.5 Å². The Balaban J connectivity index is 2.38. The molecule has 1 aliphatic heterocycles. The molecule has 0 spiro atoms. The Morgan fingerprint density at radius 3 is 2.75 bits per heavy atom. The van der Waals surface area contributed by atoms with Crippen molar-refractivity contribution in [3.63, 3.8) is 0 Å². The lowest BCUT2D eigenvalue weighted by Crippen LogP contribution is -2.50. The summed E-state index contributed by atoms with van der Waals surface area (Å²) < 4.78 is 0. The van der Waals surface area contributed by atoms with Crippen LogP contribution >= 0.6 is 0 Å². The fourth-order valence-electron chi connectivity index (χ4n) is 2.13. The van der Waals surface area contributed by atoms with Crippen LogP contribution < -0.4 is 10.6 Å². The maximum Gasteiger partial charge on any atom is 0.333 e. The van der Waals surface area contributed by atoms with Crippen molar-refractivity contribution < 1.29 is 14.8 Å². The van der Waals surface area contributed by atoms with Crippen LogP contribution in [0.4, 0.5) is 5.69 Å². The molecule has 7 heteroatoms. The molecule has 1 fully saturated rings. The first-order chi connectivity index (χ1) is 9.59. The lowest BCUT2D eigenvalue weighted by atomic mass is 10.0. The molecule has 1 atom stereocenters. The molecule has 1 aromatic carbocycles. The molecular formula is C13H15N3O4. The number of hydrogen-bond donors (Lipinski definition) is 3. The molecule has 1 aromatic rings. The highest BCUT2D eigenvalue weighted by molar-refractivity contribution is 5.94. The number of nitrogens with zero attached hydrogens (tertiary/aromatic N) is 1. The summed E-state index contributed by atoms with van der Waals surface area (Å²) in [5, 5.41) is 26.4. The lowest BCUT2D eigenvalue weighted by Gasteiger charge is -2.25. The number of nitrogens with one attached hydrogen (secondary N) is 2. The van der Waals surface area contributed by atoms with E-state index in [4.69, 9.17) is 0 Å². The van der Waals surface area contributed by atoms with Gasteiger partial charge in [-0.15, -0.1) is 0 Å². The first kappa shape index (κ1) is 14.2. The second-order valence-electron chi connectivity index (χ2n) is 4.43. The SMILES string of the molecule is O=C(O)C(=Cc1ccccc1[N+](=O)[O-])C1CNCCN1. The molecule has 3 N–H and O–H groups in total. The Hall–Kier alpha value is -2.25. The molecule has 0 amide bonds. The summed E-state index contributed by atoms with van der Waals surface area (Å²) in [4.78, 5) is 21.8. The van der Waals surface area contributed by atoms with Crippen LogP contribution in [0.3, 0.4) is 0 Å². The monoisotopic (exact) mass is 277 g/mol. The van der Waals surface area contributed by atoms with E-state index < -0.39 is 10.9 Å². The van der Waals surface area contributed by atoms with Gasteiger partial charge in [-0.3, -0.25) is 10.1 Å². The third-order valence-electron chi connectivity index (χ3n) is 3.11. The van der Waals surface area contributed by atoms with E-state index in [1.807, 2.05) is 0 Å². The number of carboxylic acid groups (broad SMARTS) is 1. The number of carbonyl (C=O) groups is 1. The number of piperazine rings is 1. The van der Waals surface area contributed by atoms with Crippen molar-refractivity contribution in [3.8, 4) is 0 Å². The Bertz CT molecular complexity index is 550. The summed E-state index contributed by atoms with van der Waals surface area (Å²) in [5.74, 6) is -1.08. The van der Waals surface area contributed by atoms with Gasteiger partial charge in [0.15, 0.2) is 0 Å². The number of nitro groups is 1. The van der Waals surface area contributed by atoms with E-state index in [0.717, 1.165) is 6.54 Å². The Labute approximate surface area is 115 Å². The van der Waals surface area contributed by atoms with Crippen molar-refractivity contribution in [2.24, 2.45) is 0 Å². The molecule has 20 heavy (non-hydrogen) atoms. The zero-order valence-electron chi connectivity index (χ0n) is 10.7. The lowest BCUT2D eigenvalue weighted by molar-refractivity contribution is -0.385. The molecule has 0 bridgehead atoms. The van der Waals surface area contributed by atoms with E-state index in [9.17, 15) is 20.0 Å². The number of para-hydroxylation sites is 1. The highest BCUT2D eigenvalue weighted by Gasteiger charge is 2.23. The van der Waals surface area contributed by atoms with Gasteiger partial charge in [-0.05, 0) is 12.1 Å². The van der Waals surface area contributed by atoms with Crippen LogP contribution in [0.1, 0.15) is 5.56 Å². The van der Waals surface area contributed by atoms with Crippen molar-refractivity contribution in [2.75, 3.05) is 19.6 Å². The minimum atomic E-state index is -1.08. The molecular weight excluding hydrogens is 262 g/mol. The molecule has 1 aliphatic rings. The maximum atomic E-state index is 11.4. The fourth-order valence-corrected chi connectivity index (χ4v) is 2.13. The standard InChI is InChI=1S/C13H15N3O4/c17-13(18)10(11-8-14-5-6-15-11)7-9-3-1-2-4-12(9)16(19)20/h1-4,7,11,14-15H,5-6,8H2,(H,17,18). The second-order valence-corrected chi connectivity index (χ2v) is 4.43. The maximum absolute atomic E-state index is 11.4. The van der Waals surface area contributed by atoms with Gasteiger partial charge in [0.05, 0.1) is 22.1 Å². The Morgan fingerprint density at radius 2 is 2.15 bits per heavy atom. The second kappa shape index (κ2) is 6.27. The predicted molar refractivity (Wildman–Crippen MR) is 73.4 cm³/mol. The van der Waals surface area contributed by atoms with E-state index in [1.54, 1.807) is 12.1 Å². The summed E-state index contributed by atoms with van der Waals surface area (Å²) in [6.07, 6.45) is 1.37. The first-order valence-corrected chi connectivity index (χ1v) is 6.22. The number of benzene rings is 1. The van der Waals surface area contributed by atoms with Crippen molar-refractivity contribution in [2.45, 2.75) is 6.04 Å². The summed E-state index contributed by atoms with van der Waals surface area (Å²) in [6, 6.07) is 5.73. The van der Waals surface area contributed by atoms with Gasteiger partial charge in [0.1, 0.15) is 0 Å². The van der Waals surface area contributed by atoms with Gasteiger partial charge < -0.3 is 15.7 Å². The minimum Gasteiger partial charge on any atom is -0.478 e. The van der Waals surface area contributed by atoms with E-state index in [0.29, 0.717) is 18.7 Å². The van der Waals surface area contributed by atoms with Crippen LogP contribution in [-0.4, -0.2) is 41.7 Å².